The molecule has 1 aliphatic rings. The molecule has 19 heavy (non-hydrogen) atoms. The highest BCUT2D eigenvalue weighted by Gasteiger charge is 2.16. The Morgan fingerprint density at radius 1 is 1.47 bits per heavy atom. The van der Waals surface area contributed by atoms with E-state index in [9.17, 15) is 0 Å². The van der Waals surface area contributed by atoms with Gasteiger partial charge in [-0.1, -0.05) is 36.7 Å². The fourth-order valence-corrected chi connectivity index (χ4v) is 2.54. The van der Waals surface area contributed by atoms with Crippen LogP contribution in [0.3, 0.4) is 0 Å². The SMILES string of the molecule is CCC(N)Cc1cccc(Cl)c1OC1C=CCCC1. The van der Waals surface area contributed by atoms with E-state index >= 15 is 0 Å². The van der Waals surface area contributed by atoms with Crippen molar-refractivity contribution in [1.29, 1.82) is 0 Å². The maximum Gasteiger partial charge on any atom is 0.142 e. The lowest BCUT2D eigenvalue weighted by Crippen LogP contribution is -2.23. The van der Waals surface area contributed by atoms with E-state index in [1.54, 1.807) is 0 Å². The monoisotopic (exact) mass is 279 g/mol. The molecular weight excluding hydrogens is 258 g/mol. The number of hydrogen-bond acceptors (Lipinski definition) is 2. The van der Waals surface area contributed by atoms with Gasteiger partial charge in [0.15, 0.2) is 0 Å². The van der Waals surface area contributed by atoms with Gasteiger partial charge in [0.05, 0.1) is 5.02 Å². The number of benzene rings is 1. The molecule has 0 bridgehead atoms. The van der Waals surface area contributed by atoms with Crippen molar-refractivity contribution in [3.05, 3.63) is 40.9 Å². The Balaban J connectivity index is 2.17. The third-order valence-corrected chi connectivity index (χ3v) is 3.83. The summed E-state index contributed by atoms with van der Waals surface area (Å²) in [6, 6.07) is 6.06. The zero-order chi connectivity index (χ0) is 13.7. The van der Waals surface area contributed by atoms with Crippen LogP contribution in [0.4, 0.5) is 0 Å². The van der Waals surface area contributed by atoms with E-state index in [0.29, 0.717) is 5.02 Å². The second kappa shape index (κ2) is 6.97. The summed E-state index contributed by atoms with van der Waals surface area (Å²) in [6.07, 6.45) is 9.61. The van der Waals surface area contributed by atoms with E-state index < -0.39 is 0 Å². The van der Waals surface area contributed by atoms with Gasteiger partial charge in [0.25, 0.3) is 0 Å². The Kier molecular flexibility index (Phi) is 5.29. The van der Waals surface area contributed by atoms with Gasteiger partial charge >= 0.3 is 0 Å². The molecule has 0 aromatic heterocycles. The number of ether oxygens (including phenoxy) is 1. The quantitative estimate of drug-likeness (QED) is 0.824. The Hall–Kier alpha value is -0.990. The van der Waals surface area contributed by atoms with Crippen LogP contribution in [0.5, 0.6) is 5.75 Å². The smallest absolute Gasteiger partial charge is 0.142 e. The molecule has 0 saturated carbocycles. The van der Waals surface area contributed by atoms with Gasteiger partial charge in [-0.25, -0.2) is 0 Å². The third-order valence-electron chi connectivity index (χ3n) is 3.53. The van der Waals surface area contributed by atoms with Crippen molar-refractivity contribution in [3.8, 4) is 5.75 Å². The lowest BCUT2D eigenvalue weighted by Gasteiger charge is -2.22. The molecular formula is C16H22ClNO. The molecule has 1 aromatic rings. The molecule has 0 saturated heterocycles. The average Bonchev–Trinajstić information content (AvgIpc) is 2.43. The van der Waals surface area contributed by atoms with Gasteiger partial charge in [-0.05, 0) is 49.8 Å². The van der Waals surface area contributed by atoms with Crippen molar-refractivity contribution in [1.82, 2.24) is 0 Å². The van der Waals surface area contributed by atoms with Crippen molar-refractivity contribution in [2.75, 3.05) is 0 Å². The Labute approximate surface area is 120 Å². The predicted octanol–water partition coefficient (Wildman–Crippen LogP) is 4.11. The summed E-state index contributed by atoms with van der Waals surface area (Å²) in [5.74, 6) is 0.810. The van der Waals surface area contributed by atoms with Crippen LogP contribution in [0.25, 0.3) is 0 Å². The van der Waals surface area contributed by atoms with E-state index in [2.05, 4.69) is 25.1 Å². The first-order valence-electron chi connectivity index (χ1n) is 7.07. The average molecular weight is 280 g/mol. The molecule has 3 heteroatoms. The Bertz CT molecular complexity index is 444. The zero-order valence-corrected chi connectivity index (χ0v) is 12.2. The number of rotatable bonds is 5. The van der Waals surface area contributed by atoms with Crippen molar-refractivity contribution in [3.63, 3.8) is 0 Å². The largest absolute Gasteiger partial charge is 0.485 e. The highest BCUT2D eigenvalue weighted by Crippen LogP contribution is 2.32. The van der Waals surface area contributed by atoms with Gasteiger partial charge in [0.1, 0.15) is 11.9 Å². The molecule has 0 heterocycles. The lowest BCUT2D eigenvalue weighted by molar-refractivity contribution is 0.227. The van der Waals surface area contributed by atoms with Gasteiger partial charge < -0.3 is 10.5 Å². The summed E-state index contributed by atoms with van der Waals surface area (Å²) in [5, 5.41) is 0.680. The molecule has 0 radical (unpaired) electrons. The van der Waals surface area contributed by atoms with E-state index in [1.807, 2.05) is 12.1 Å². The molecule has 2 nitrogen and oxygen atoms in total. The predicted molar refractivity (Wildman–Crippen MR) is 80.8 cm³/mol. The minimum absolute atomic E-state index is 0.144. The Morgan fingerprint density at radius 3 is 3.00 bits per heavy atom. The van der Waals surface area contributed by atoms with Crippen molar-refractivity contribution >= 4 is 11.6 Å². The van der Waals surface area contributed by atoms with Gasteiger partial charge in [0, 0.05) is 6.04 Å². The van der Waals surface area contributed by atoms with Crippen LogP contribution in [0, 0.1) is 0 Å². The second-order valence-corrected chi connectivity index (χ2v) is 5.52. The minimum atomic E-state index is 0.144. The van der Waals surface area contributed by atoms with Crippen LogP contribution >= 0.6 is 11.6 Å². The van der Waals surface area contributed by atoms with Gasteiger partial charge in [-0.3, -0.25) is 0 Å². The van der Waals surface area contributed by atoms with Gasteiger partial charge in [0.2, 0.25) is 0 Å². The van der Waals surface area contributed by atoms with Gasteiger partial charge in [-0.2, -0.15) is 0 Å². The molecule has 0 aliphatic heterocycles. The number of para-hydroxylation sites is 1. The number of halogens is 1. The lowest BCUT2D eigenvalue weighted by atomic mass is 10.0. The summed E-state index contributed by atoms with van der Waals surface area (Å²) in [7, 11) is 0. The topological polar surface area (TPSA) is 35.2 Å². The molecule has 104 valence electrons. The molecule has 2 unspecified atom stereocenters. The third kappa shape index (κ3) is 3.99. The summed E-state index contributed by atoms with van der Waals surface area (Å²) in [4.78, 5) is 0. The van der Waals surface area contributed by atoms with Crippen LogP contribution < -0.4 is 10.5 Å². The Morgan fingerprint density at radius 2 is 2.32 bits per heavy atom. The maximum absolute atomic E-state index is 6.29. The van der Waals surface area contributed by atoms with E-state index in [1.165, 1.54) is 6.42 Å². The van der Waals surface area contributed by atoms with Crippen LogP contribution in [0.1, 0.15) is 38.2 Å². The zero-order valence-electron chi connectivity index (χ0n) is 11.4. The fourth-order valence-electron chi connectivity index (χ4n) is 2.30. The second-order valence-electron chi connectivity index (χ2n) is 5.12. The number of allylic oxidation sites excluding steroid dienone is 1. The summed E-state index contributed by atoms with van der Waals surface area (Å²) >= 11 is 6.29. The molecule has 0 spiro atoms. The normalized spacial score (nSPS) is 20.3. The summed E-state index contributed by atoms with van der Waals surface area (Å²) in [5.41, 5.74) is 7.16. The first kappa shape index (κ1) is 14.4. The first-order valence-corrected chi connectivity index (χ1v) is 7.44. The molecule has 0 fully saturated rings. The number of hydrogen-bond donors (Lipinski definition) is 1. The summed E-state index contributed by atoms with van der Waals surface area (Å²) < 4.78 is 6.09. The van der Waals surface area contributed by atoms with Crippen molar-refractivity contribution in [2.24, 2.45) is 5.73 Å². The van der Waals surface area contributed by atoms with Crippen molar-refractivity contribution in [2.45, 2.75) is 51.2 Å². The van der Waals surface area contributed by atoms with E-state index in [-0.39, 0.29) is 12.1 Å². The van der Waals surface area contributed by atoms with Crippen LogP contribution in [-0.2, 0) is 6.42 Å². The number of nitrogens with two attached hydrogens (primary N) is 1. The van der Waals surface area contributed by atoms with Crippen LogP contribution in [0.15, 0.2) is 30.4 Å². The standard InChI is InChI=1S/C16H22ClNO/c1-2-13(18)11-12-7-6-10-15(17)16(12)19-14-8-4-3-5-9-14/h4,6-8,10,13-14H,2-3,5,9,11,18H2,1H3. The minimum Gasteiger partial charge on any atom is -0.485 e. The van der Waals surface area contributed by atoms with Crippen LogP contribution in [-0.4, -0.2) is 12.1 Å². The van der Waals surface area contributed by atoms with E-state index in [0.717, 1.165) is 37.0 Å². The highest BCUT2D eigenvalue weighted by atomic mass is 35.5. The van der Waals surface area contributed by atoms with Gasteiger partial charge in [-0.15, -0.1) is 0 Å². The van der Waals surface area contributed by atoms with Crippen LogP contribution in [0.2, 0.25) is 5.02 Å². The fraction of sp³-hybridized carbons (Fsp3) is 0.500. The molecule has 0 amide bonds. The molecule has 2 rings (SSSR count). The van der Waals surface area contributed by atoms with E-state index in [4.69, 9.17) is 22.1 Å². The highest BCUT2D eigenvalue weighted by molar-refractivity contribution is 6.32. The van der Waals surface area contributed by atoms with Crippen molar-refractivity contribution < 1.29 is 4.74 Å². The summed E-state index contributed by atoms with van der Waals surface area (Å²) in [6.45, 7) is 2.10. The first-order chi connectivity index (χ1) is 9.20. The molecule has 2 atom stereocenters. The maximum atomic E-state index is 6.29. The molecule has 1 aromatic carbocycles. The molecule has 1 aliphatic carbocycles. The molecule has 2 N–H and O–H groups in total.